The van der Waals surface area contributed by atoms with Gasteiger partial charge in [0, 0.05) is 5.39 Å². The van der Waals surface area contributed by atoms with Crippen LogP contribution in [0.4, 0.5) is 10.5 Å². The minimum absolute atomic E-state index is 0.112. The van der Waals surface area contributed by atoms with Crippen molar-refractivity contribution in [1.29, 1.82) is 0 Å². The normalized spacial score (nSPS) is 10.4. The number of hydrogen-bond donors (Lipinski definition) is 2. The van der Waals surface area contributed by atoms with Gasteiger partial charge in [0.25, 0.3) is 0 Å². The maximum atomic E-state index is 12.1. The van der Waals surface area contributed by atoms with Gasteiger partial charge in [0.05, 0.1) is 5.69 Å². The van der Waals surface area contributed by atoms with E-state index < -0.39 is 0 Å². The minimum atomic E-state index is -0.295. The molecule has 3 aromatic carbocycles. The Labute approximate surface area is 141 Å². The zero-order valence-corrected chi connectivity index (χ0v) is 13.8. The second-order valence-electron chi connectivity index (χ2n) is 5.72. The van der Waals surface area contributed by atoms with E-state index in [9.17, 15) is 4.79 Å². The molecular formula is C20H20N2O2. The molecule has 0 saturated carbocycles. The van der Waals surface area contributed by atoms with E-state index in [0.29, 0.717) is 0 Å². The molecule has 0 unspecified atom stereocenters. The molecule has 0 atom stereocenters. The molecule has 0 heterocycles. The molecule has 0 aliphatic carbocycles. The highest BCUT2D eigenvalue weighted by atomic mass is 16.5. The predicted octanol–water partition coefficient (Wildman–Crippen LogP) is 4.61. The van der Waals surface area contributed by atoms with Crippen LogP contribution in [0.1, 0.15) is 11.1 Å². The maximum Gasteiger partial charge on any atom is 0.321 e. The second-order valence-corrected chi connectivity index (χ2v) is 5.72. The van der Waals surface area contributed by atoms with Gasteiger partial charge in [0.15, 0.2) is 6.73 Å². The van der Waals surface area contributed by atoms with Gasteiger partial charge in [-0.05, 0) is 36.9 Å². The van der Waals surface area contributed by atoms with Gasteiger partial charge in [-0.15, -0.1) is 0 Å². The Kier molecular flexibility index (Phi) is 4.66. The van der Waals surface area contributed by atoms with Crippen molar-refractivity contribution in [3.63, 3.8) is 0 Å². The topological polar surface area (TPSA) is 50.4 Å². The van der Waals surface area contributed by atoms with Crippen LogP contribution < -0.4 is 15.4 Å². The fourth-order valence-electron chi connectivity index (χ4n) is 2.64. The molecular weight excluding hydrogens is 300 g/mol. The molecule has 0 saturated heterocycles. The van der Waals surface area contributed by atoms with E-state index in [1.54, 1.807) is 0 Å². The lowest BCUT2D eigenvalue weighted by Crippen LogP contribution is -2.32. The number of aryl methyl sites for hydroxylation is 2. The fraction of sp³-hybridized carbons (Fsp3) is 0.150. The highest BCUT2D eigenvalue weighted by Crippen LogP contribution is 2.22. The number of ether oxygens (including phenoxy) is 1. The van der Waals surface area contributed by atoms with Crippen LogP contribution in [-0.2, 0) is 0 Å². The standard InChI is InChI=1S/C20H20N2O2/c1-14-10-11-19(15(2)12-14)24-13-21-20(23)22-18-9-5-7-16-6-3-4-8-17(16)18/h3-12H,13H2,1-2H3,(H2,21,22,23). The number of hydrogen-bond acceptors (Lipinski definition) is 2. The van der Waals surface area contributed by atoms with Gasteiger partial charge in [-0.2, -0.15) is 0 Å². The number of fused-ring (bicyclic) bond motifs is 1. The third-order valence-electron chi connectivity index (χ3n) is 3.83. The van der Waals surface area contributed by atoms with Crippen molar-refractivity contribution in [3.05, 3.63) is 71.8 Å². The SMILES string of the molecule is Cc1ccc(OCNC(=O)Nc2cccc3ccccc23)c(C)c1. The van der Waals surface area contributed by atoms with Gasteiger partial charge >= 0.3 is 6.03 Å². The van der Waals surface area contributed by atoms with Gasteiger partial charge in [-0.25, -0.2) is 4.79 Å². The fourth-order valence-corrected chi connectivity index (χ4v) is 2.64. The van der Waals surface area contributed by atoms with Crippen LogP contribution in [0, 0.1) is 13.8 Å². The molecule has 2 amide bonds. The molecule has 0 fully saturated rings. The number of urea groups is 1. The van der Waals surface area contributed by atoms with Crippen molar-refractivity contribution in [2.45, 2.75) is 13.8 Å². The van der Waals surface area contributed by atoms with Crippen molar-refractivity contribution < 1.29 is 9.53 Å². The Morgan fingerprint density at radius 1 is 1.00 bits per heavy atom. The van der Waals surface area contributed by atoms with Gasteiger partial charge in [-0.1, -0.05) is 54.1 Å². The van der Waals surface area contributed by atoms with Crippen molar-refractivity contribution in [2.75, 3.05) is 12.0 Å². The molecule has 24 heavy (non-hydrogen) atoms. The summed E-state index contributed by atoms with van der Waals surface area (Å²) in [7, 11) is 0. The summed E-state index contributed by atoms with van der Waals surface area (Å²) in [5.74, 6) is 0.770. The number of carbonyl (C=O) groups excluding carboxylic acids is 1. The van der Waals surface area contributed by atoms with Crippen LogP contribution in [-0.4, -0.2) is 12.8 Å². The molecule has 122 valence electrons. The second kappa shape index (κ2) is 7.04. The first-order valence-corrected chi connectivity index (χ1v) is 7.86. The average molecular weight is 320 g/mol. The summed E-state index contributed by atoms with van der Waals surface area (Å²) in [4.78, 5) is 12.1. The number of nitrogens with one attached hydrogen (secondary N) is 2. The van der Waals surface area contributed by atoms with E-state index >= 15 is 0 Å². The average Bonchev–Trinajstić information content (AvgIpc) is 2.57. The third kappa shape index (κ3) is 3.66. The van der Waals surface area contributed by atoms with E-state index in [2.05, 4.69) is 10.6 Å². The summed E-state index contributed by atoms with van der Waals surface area (Å²) in [5.41, 5.74) is 3.00. The molecule has 0 radical (unpaired) electrons. The summed E-state index contributed by atoms with van der Waals surface area (Å²) in [6.45, 7) is 4.13. The van der Waals surface area contributed by atoms with E-state index in [0.717, 1.165) is 27.8 Å². The molecule has 0 spiro atoms. The summed E-state index contributed by atoms with van der Waals surface area (Å²) in [6.07, 6.45) is 0. The van der Waals surface area contributed by atoms with Gasteiger partial charge in [0.1, 0.15) is 5.75 Å². The first-order chi connectivity index (χ1) is 11.6. The number of carbonyl (C=O) groups is 1. The van der Waals surface area contributed by atoms with E-state index in [-0.39, 0.29) is 12.8 Å². The zero-order valence-electron chi connectivity index (χ0n) is 13.8. The minimum Gasteiger partial charge on any atom is -0.473 e. The summed E-state index contributed by atoms with van der Waals surface area (Å²) in [5, 5.41) is 7.67. The summed E-state index contributed by atoms with van der Waals surface area (Å²) < 4.78 is 5.62. The quantitative estimate of drug-likeness (QED) is 0.689. The maximum absolute atomic E-state index is 12.1. The molecule has 0 aliphatic rings. The Morgan fingerprint density at radius 2 is 1.79 bits per heavy atom. The molecule has 3 aromatic rings. The van der Waals surface area contributed by atoms with Crippen molar-refractivity contribution in [2.24, 2.45) is 0 Å². The smallest absolute Gasteiger partial charge is 0.321 e. The lowest BCUT2D eigenvalue weighted by molar-refractivity contribution is 0.234. The van der Waals surface area contributed by atoms with Crippen LogP contribution in [0.5, 0.6) is 5.75 Å². The lowest BCUT2D eigenvalue weighted by Gasteiger charge is -2.12. The van der Waals surface area contributed by atoms with Crippen LogP contribution in [0.3, 0.4) is 0 Å². The van der Waals surface area contributed by atoms with E-state index in [1.165, 1.54) is 5.56 Å². The molecule has 0 bridgehead atoms. The molecule has 0 aliphatic heterocycles. The van der Waals surface area contributed by atoms with E-state index in [1.807, 2.05) is 74.5 Å². The monoisotopic (exact) mass is 320 g/mol. The number of benzene rings is 3. The molecule has 4 nitrogen and oxygen atoms in total. The van der Waals surface area contributed by atoms with Crippen molar-refractivity contribution in [3.8, 4) is 5.75 Å². The number of amides is 2. The first-order valence-electron chi connectivity index (χ1n) is 7.86. The van der Waals surface area contributed by atoms with Crippen LogP contribution >= 0.6 is 0 Å². The summed E-state index contributed by atoms with van der Waals surface area (Å²) >= 11 is 0. The third-order valence-corrected chi connectivity index (χ3v) is 3.83. The largest absolute Gasteiger partial charge is 0.473 e. The van der Waals surface area contributed by atoms with Crippen molar-refractivity contribution in [1.82, 2.24) is 5.32 Å². The molecule has 2 N–H and O–H groups in total. The zero-order chi connectivity index (χ0) is 16.9. The van der Waals surface area contributed by atoms with E-state index in [4.69, 9.17) is 4.74 Å². The molecule has 3 rings (SSSR count). The van der Waals surface area contributed by atoms with Crippen LogP contribution in [0.25, 0.3) is 10.8 Å². The highest BCUT2D eigenvalue weighted by molar-refractivity contribution is 6.01. The van der Waals surface area contributed by atoms with Crippen molar-refractivity contribution >= 4 is 22.5 Å². The Hall–Kier alpha value is -3.01. The van der Waals surface area contributed by atoms with Gasteiger partial charge < -0.3 is 15.4 Å². The number of anilines is 1. The van der Waals surface area contributed by atoms with Gasteiger partial charge in [0.2, 0.25) is 0 Å². The Morgan fingerprint density at radius 3 is 2.62 bits per heavy atom. The van der Waals surface area contributed by atoms with Crippen LogP contribution in [0.2, 0.25) is 0 Å². The first kappa shape index (κ1) is 15.9. The molecule has 0 aromatic heterocycles. The summed E-state index contributed by atoms with van der Waals surface area (Å²) in [6, 6.07) is 19.4. The Balaban J connectivity index is 1.59. The predicted molar refractivity (Wildman–Crippen MR) is 97.5 cm³/mol. The highest BCUT2D eigenvalue weighted by Gasteiger charge is 2.05. The van der Waals surface area contributed by atoms with Gasteiger partial charge in [-0.3, -0.25) is 0 Å². The lowest BCUT2D eigenvalue weighted by atomic mass is 10.1. The number of rotatable bonds is 4. The van der Waals surface area contributed by atoms with Crippen LogP contribution in [0.15, 0.2) is 60.7 Å². The molecule has 4 heteroatoms. The Bertz CT molecular complexity index is 869.